The molecule has 3 atom stereocenters. The molecule has 2 aliphatic heterocycles. The number of ether oxygens (including phenoxy) is 1. The monoisotopic (exact) mass is 259 g/mol. The van der Waals surface area contributed by atoms with E-state index in [2.05, 4.69) is 35.0 Å². The van der Waals surface area contributed by atoms with Crippen LogP contribution >= 0.6 is 11.3 Å². The molecule has 1 aromatic heterocycles. The van der Waals surface area contributed by atoms with Crippen molar-refractivity contribution >= 4 is 21.4 Å². The van der Waals surface area contributed by atoms with Crippen molar-refractivity contribution in [1.82, 2.24) is 5.32 Å². The van der Waals surface area contributed by atoms with Crippen molar-refractivity contribution in [2.45, 2.75) is 44.1 Å². The molecule has 2 saturated heterocycles. The summed E-state index contributed by atoms with van der Waals surface area (Å²) in [4.78, 5) is 0. The summed E-state index contributed by atoms with van der Waals surface area (Å²) in [5.74, 6) is 0. The van der Waals surface area contributed by atoms with Gasteiger partial charge in [-0.1, -0.05) is 18.2 Å². The second kappa shape index (κ2) is 4.34. The summed E-state index contributed by atoms with van der Waals surface area (Å²) in [6.07, 6.45) is 4.72. The van der Waals surface area contributed by atoms with Crippen LogP contribution in [-0.2, 0) is 11.3 Å². The van der Waals surface area contributed by atoms with E-state index in [9.17, 15) is 0 Å². The summed E-state index contributed by atoms with van der Waals surface area (Å²) in [6, 6.07) is 9.23. The lowest BCUT2D eigenvalue weighted by molar-refractivity contribution is 0.0973. The lowest BCUT2D eigenvalue weighted by Gasteiger charge is -2.19. The molecule has 0 radical (unpaired) electrons. The van der Waals surface area contributed by atoms with Gasteiger partial charge in [0, 0.05) is 17.3 Å². The molecule has 0 saturated carbocycles. The summed E-state index contributed by atoms with van der Waals surface area (Å²) in [5.41, 5.74) is 1.43. The Morgan fingerprint density at radius 3 is 3.06 bits per heavy atom. The molecule has 4 rings (SSSR count). The second-order valence-electron chi connectivity index (χ2n) is 5.35. The van der Waals surface area contributed by atoms with E-state index in [0.717, 1.165) is 6.54 Å². The van der Waals surface area contributed by atoms with Gasteiger partial charge in [-0.15, -0.1) is 11.3 Å². The molecule has 0 aliphatic carbocycles. The van der Waals surface area contributed by atoms with Crippen LogP contribution in [-0.4, -0.2) is 18.2 Å². The zero-order valence-corrected chi connectivity index (χ0v) is 11.1. The van der Waals surface area contributed by atoms with E-state index in [1.807, 2.05) is 11.3 Å². The van der Waals surface area contributed by atoms with E-state index in [1.165, 1.54) is 34.9 Å². The van der Waals surface area contributed by atoms with Gasteiger partial charge in [-0.05, 0) is 41.7 Å². The first kappa shape index (κ1) is 11.0. The highest BCUT2D eigenvalue weighted by Gasteiger charge is 2.40. The highest BCUT2D eigenvalue weighted by atomic mass is 32.1. The maximum Gasteiger partial charge on any atom is 0.0733 e. The smallest absolute Gasteiger partial charge is 0.0733 e. The number of hydrogen-bond acceptors (Lipinski definition) is 3. The van der Waals surface area contributed by atoms with E-state index in [4.69, 9.17) is 4.74 Å². The molecule has 94 valence electrons. The molecule has 3 heteroatoms. The predicted molar refractivity (Wildman–Crippen MR) is 75.0 cm³/mol. The van der Waals surface area contributed by atoms with Crippen molar-refractivity contribution < 1.29 is 4.74 Å². The van der Waals surface area contributed by atoms with Crippen molar-refractivity contribution in [3.05, 3.63) is 35.2 Å². The topological polar surface area (TPSA) is 21.3 Å². The van der Waals surface area contributed by atoms with Crippen LogP contribution < -0.4 is 5.32 Å². The van der Waals surface area contributed by atoms with Gasteiger partial charge >= 0.3 is 0 Å². The molecule has 2 aromatic rings. The van der Waals surface area contributed by atoms with Gasteiger partial charge in [0.25, 0.3) is 0 Å². The molecule has 1 N–H and O–H groups in total. The van der Waals surface area contributed by atoms with Gasteiger partial charge in [-0.2, -0.15) is 0 Å². The van der Waals surface area contributed by atoms with E-state index in [1.54, 1.807) is 0 Å². The quantitative estimate of drug-likeness (QED) is 0.913. The minimum atomic E-state index is 0.472. The number of nitrogens with one attached hydrogen (secondary N) is 1. The van der Waals surface area contributed by atoms with Crippen LogP contribution in [0.3, 0.4) is 0 Å². The Morgan fingerprint density at radius 2 is 2.22 bits per heavy atom. The lowest BCUT2D eigenvalue weighted by atomic mass is 9.95. The van der Waals surface area contributed by atoms with Gasteiger partial charge < -0.3 is 10.1 Å². The fourth-order valence-corrected chi connectivity index (χ4v) is 4.23. The van der Waals surface area contributed by atoms with Gasteiger partial charge in [-0.3, -0.25) is 0 Å². The Labute approximate surface area is 111 Å². The van der Waals surface area contributed by atoms with Crippen LogP contribution in [0.15, 0.2) is 29.6 Å². The Hall–Kier alpha value is -0.900. The van der Waals surface area contributed by atoms with Crippen molar-refractivity contribution in [2.75, 3.05) is 0 Å². The Balaban J connectivity index is 1.48. The van der Waals surface area contributed by atoms with Crippen LogP contribution in [0, 0.1) is 0 Å². The highest BCUT2D eigenvalue weighted by Crippen LogP contribution is 2.34. The summed E-state index contributed by atoms with van der Waals surface area (Å²) in [6.45, 7) is 0.973. The van der Waals surface area contributed by atoms with Crippen LogP contribution in [0.5, 0.6) is 0 Å². The SMILES string of the molecule is c1ccc2c(CNC3CC4CCC3O4)csc2c1. The first-order valence-corrected chi connectivity index (χ1v) is 7.62. The summed E-state index contributed by atoms with van der Waals surface area (Å²) in [7, 11) is 0. The number of benzene rings is 1. The molecule has 3 unspecified atom stereocenters. The largest absolute Gasteiger partial charge is 0.373 e. The first-order valence-electron chi connectivity index (χ1n) is 6.74. The average molecular weight is 259 g/mol. The number of rotatable bonds is 3. The minimum absolute atomic E-state index is 0.472. The van der Waals surface area contributed by atoms with E-state index >= 15 is 0 Å². The molecule has 0 amide bonds. The number of thiophene rings is 1. The van der Waals surface area contributed by atoms with Crippen LogP contribution in [0.2, 0.25) is 0 Å². The number of fused-ring (bicyclic) bond motifs is 3. The van der Waals surface area contributed by atoms with Crippen molar-refractivity contribution in [1.29, 1.82) is 0 Å². The van der Waals surface area contributed by atoms with Crippen molar-refractivity contribution in [3.63, 3.8) is 0 Å². The van der Waals surface area contributed by atoms with Crippen LogP contribution in [0.25, 0.3) is 10.1 Å². The average Bonchev–Trinajstić information content (AvgIpc) is 3.11. The third-order valence-corrected chi connectivity index (χ3v) is 5.23. The van der Waals surface area contributed by atoms with Crippen molar-refractivity contribution in [3.8, 4) is 0 Å². The van der Waals surface area contributed by atoms with Crippen molar-refractivity contribution in [2.24, 2.45) is 0 Å². The molecule has 2 bridgehead atoms. The minimum Gasteiger partial charge on any atom is -0.373 e. The second-order valence-corrected chi connectivity index (χ2v) is 6.27. The Kier molecular flexibility index (Phi) is 2.64. The van der Waals surface area contributed by atoms with Gasteiger partial charge in [0.2, 0.25) is 0 Å². The van der Waals surface area contributed by atoms with Gasteiger partial charge in [0.05, 0.1) is 12.2 Å². The van der Waals surface area contributed by atoms with Crippen LogP contribution in [0.4, 0.5) is 0 Å². The summed E-state index contributed by atoms with van der Waals surface area (Å²) >= 11 is 1.84. The third-order valence-electron chi connectivity index (χ3n) is 4.22. The zero-order chi connectivity index (χ0) is 11.9. The molecular formula is C15H17NOS. The molecule has 2 aliphatic rings. The normalized spacial score (nSPS) is 30.3. The van der Waals surface area contributed by atoms with E-state index < -0.39 is 0 Å². The lowest BCUT2D eigenvalue weighted by Crippen LogP contribution is -2.36. The summed E-state index contributed by atoms with van der Waals surface area (Å²) < 4.78 is 7.27. The maximum absolute atomic E-state index is 5.88. The van der Waals surface area contributed by atoms with Gasteiger partial charge in [0.15, 0.2) is 0 Å². The fraction of sp³-hybridized carbons (Fsp3) is 0.467. The first-order chi connectivity index (χ1) is 8.90. The molecule has 18 heavy (non-hydrogen) atoms. The molecular weight excluding hydrogens is 242 g/mol. The number of hydrogen-bond donors (Lipinski definition) is 1. The molecule has 2 fully saturated rings. The highest BCUT2D eigenvalue weighted by molar-refractivity contribution is 7.17. The third kappa shape index (κ3) is 1.78. The zero-order valence-electron chi connectivity index (χ0n) is 10.3. The predicted octanol–water partition coefficient (Wildman–Crippen LogP) is 3.31. The van der Waals surface area contributed by atoms with E-state index in [0.29, 0.717) is 18.2 Å². The molecule has 0 spiro atoms. The fourth-order valence-electron chi connectivity index (χ4n) is 3.26. The molecule has 3 heterocycles. The molecule has 2 nitrogen and oxygen atoms in total. The van der Waals surface area contributed by atoms with Crippen LogP contribution in [0.1, 0.15) is 24.8 Å². The molecule has 1 aromatic carbocycles. The van der Waals surface area contributed by atoms with Gasteiger partial charge in [-0.25, -0.2) is 0 Å². The maximum atomic E-state index is 5.88. The van der Waals surface area contributed by atoms with Gasteiger partial charge in [0.1, 0.15) is 0 Å². The standard InChI is InChI=1S/C15H17NOS/c1-2-4-15-12(3-1)10(9-18-15)8-16-13-7-11-5-6-14(13)17-11/h1-4,9,11,13-14,16H,5-8H2. The summed E-state index contributed by atoms with van der Waals surface area (Å²) in [5, 5.41) is 7.37. The Bertz CT molecular complexity index is 564. The Morgan fingerprint density at radius 1 is 1.28 bits per heavy atom. The van der Waals surface area contributed by atoms with E-state index in [-0.39, 0.29) is 0 Å².